The summed E-state index contributed by atoms with van der Waals surface area (Å²) >= 11 is 9.12. The van der Waals surface area contributed by atoms with Crippen LogP contribution in [0.15, 0.2) is 34.8 Å². The molecule has 0 fully saturated rings. The van der Waals surface area contributed by atoms with Crippen molar-refractivity contribution < 1.29 is 18.3 Å². The Labute approximate surface area is 120 Å². The number of halogens is 5. The molecule has 2 aromatic carbocycles. The quantitative estimate of drug-likeness (QED) is 0.784. The second-order valence-electron chi connectivity index (χ2n) is 3.81. The van der Waals surface area contributed by atoms with Crippen molar-refractivity contribution in [1.82, 2.24) is 0 Å². The fourth-order valence-electron chi connectivity index (χ4n) is 1.65. The van der Waals surface area contributed by atoms with Gasteiger partial charge >= 0.3 is 0 Å². The van der Waals surface area contributed by atoms with Crippen LogP contribution in [0.2, 0.25) is 5.02 Å². The summed E-state index contributed by atoms with van der Waals surface area (Å²) in [5.41, 5.74) is -0.181. The molecule has 0 saturated carbocycles. The van der Waals surface area contributed by atoms with Crippen molar-refractivity contribution in [2.24, 2.45) is 0 Å². The van der Waals surface area contributed by atoms with Crippen LogP contribution in [0.1, 0.15) is 17.2 Å². The molecule has 0 aliphatic rings. The lowest BCUT2D eigenvalue weighted by Gasteiger charge is -2.15. The number of benzene rings is 2. The fraction of sp³-hybridized carbons (Fsp3) is 0.0769. The molecule has 0 aliphatic carbocycles. The number of aliphatic hydroxyl groups excluding tert-OH is 1. The molecule has 0 aromatic heterocycles. The van der Waals surface area contributed by atoms with E-state index in [4.69, 9.17) is 11.6 Å². The smallest absolute Gasteiger partial charge is 0.194 e. The Bertz CT molecular complexity index is 634. The van der Waals surface area contributed by atoms with E-state index < -0.39 is 23.6 Å². The van der Waals surface area contributed by atoms with E-state index >= 15 is 0 Å². The fourth-order valence-corrected chi connectivity index (χ4v) is 2.26. The molecule has 100 valence electrons. The summed E-state index contributed by atoms with van der Waals surface area (Å²) in [6.07, 6.45) is -1.49. The zero-order chi connectivity index (χ0) is 14.2. The molecule has 19 heavy (non-hydrogen) atoms. The number of hydrogen-bond acceptors (Lipinski definition) is 1. The van der Waals surface area contributed by atoms with Gasteiger partial charge in [0.25, 0.3) is 0 Å². The first kappa shape index (κ1) is 14.4. The molecule has 0 radical (unpaired) electrons. The van der Waals surface area contributed by atoms with Crippen molar-refractivity contribution in [2.75, 3.05) is 0 Å². The molecule has 1 unspecified atom stereocenters. The summed E-state index contributed by atoms with van der Waals surface area (Å²) in [4.78, 5) is 0. The highest BCUT2D eigenvalue weighted by Gasteiger charge is 2.22. The van der Waals surface area contributed by atoms with Crippen molar-refractivity contribution >= 4 is 27.5 Å². The van der Waals surface area contributed by atoms with Crippen molar-refractivity contribution in [2.45, 2.75) is 6.10 Å². The Morgan fingerprint density at radius 1 is 1.00 bits per heavy atom. The SMILES string of the molecule is OC(c1ccc(F)c(F)c1F)c1cccc(Br)c1Cl. The van der Waals surface area contributed by atoms with E-state index in [0.717, 1.165) is 12.1 Å². The zero-order valence-electron chi connectivity index (χ0n) is 9.30. The van der Waals surface area contributed by atoms with Crippen LogP contribution in [-0.4, -0.2) is 5.11 Å². The van der Waals surface area contributed by atoms with Gasteiger partial charge in [0, 0.05) is 15.6 Å². The highest BCUT2D eigenvalue weighted by Crippen LogP contribution is 2.34. The largest absolute Gasteiger partial charge is 0.383 e. The van der Waals surface area contributed by atoms with E-state index in [1.807, 2.05) is 0 Å². The molecule has 0 spiro atoms. The van der Waals surface area contributed by atoms with Crippen LogP contribution in [0.25, 0.3) is 0 Å². The Morgan fingerprint density at radius 3 is 2.37 bits per heavy atom. The minimum atomic E-state index is -1.62. The van der Waals surface area contributed by atoms with Gasteiger partial charge in [0.2, 0.25) is 0 Å². The van der Waals surface area contributed by atoms with Gasteiger partial charge in [0.1, 0.15) is 6.10 Å². The predicted octanol–water partition coefficient (Wildman–Crippen LogP) is 4.60. The molecule has 2 rings (SSSR count). The standard InChI is InChI=1S/C13H7BrClF3O/c14-8-3-1-2-6(10(8)15)13(19)7-4-5-9(16)12(18)11(7)17/h1-5,13,19H. The maximum Gasteiger partial charge on any atom is 0.194 e. The van der Waals surface area contributed by atoms with Gasteiger partial charge in [-0.3, -0.25) is 0 Å². The summed E-state index contributed by atoms with van der Waals surface area (Å²) < 4.78 is 40.1. The lowest BCUT2D eigenvalue weighted by Crippen LogP contribution is -2.06. The molecule has 2 aromatic rings. The first-order chi connectivity index (χ1) is 8.93. The molecule has 1 atom stereocenters. The van der Waals surface area contributed by atoms with Gasteiger partial charge in [-0.05, 0) is 28.1 Å². The summed E-state index contributed by atoms with van der Waals surface area (Å²) in [6.45, 7) is 0. The molecule has 0 saturated heterocycles. The third kappa shape index (κ3) is 2.63. The van der Waals surface area contributed by atoms with E-state index in [-0.39, 0.29) is 16.1 Å². The summed E-state index contributed by atoms with van der Waals surface area (Å²) in [5.74, 6) is -4.36. The topological polar surface area (TPSA) is 20.2 Å². The van der Waals surface area contributed by atoms with Gasteiger partial charge in [0.15, 0.2) is 17.5 Å². The first-order valence-corrected chi connectivity index (χ1v) is 6.36. The monoisotopic (exact) mass is 350 g/mol. The predicted molar refractivity (Wildman–Crippen MR) is 69.5 cm³/mol. The average molecular weight is 352 g/mol. The third-order valence-electron chi connectivity index (χ3n) is 2.64. The summed E-state index contributed by atoms with van der Waals surface area (Å²) in [7, 11) is 0. The van der Waals surface area contributed by atoms with Crippen molar-refractivity contribution in [1.29, 1.82) is 0 Å². The Morgan fingerprint density at radius 2 is 1.68 bits per heavy atom. The molecule has 6 heteroatoms. The van der Waals surface area contributed by atoms with Gasteiger partial charge in [-0.25, -0.2) is 13.2 Å². The molecule has 1 N–H and O–H groups in total. The van der Waals surface area contributed by atoms with Gasteiger partial charge in [0.05, 0.1) is 5.02 Å². The van der Waals surface area contributed by atoms with E-state index in [9.17, 15) is 18.3 Å². The minimum Gasteiger partial charge on any atom is -0.383 e. The number of hydrogen-bond donors (Lipinski definition) is 1. The highest BCUT2D eigenvalue weighted by atomic mass is 79.9. The Balaban J connectivity index is 2.53. The lowest BCUT2D eigenvalue weighted by molar-refractivity contribution is 0.212. The van der Waals surface area contributed by atoms with Gasteiger partial charge in [-0.1, -0.05) is 29.8 Å². The molecule has 0 heterocycles. The summed E-state index contributed by atoms with van der Waals surface area (Å²) in [6, 6.07) is 6.43. The van der Waals surface area contributed by atoms with Gasteiger partial charge in [-0.2, -0.15) is 0 Å². The first-order valence-electron chi connectivity index (χ1n) is 5.19. The van der Waals surface area contributed by atoms with E-state index in [1.165, 1.54) is 6.07 Å². The van der Waals surface area contributed by atoms with Crippen LogP contribution < -0.4 is 0 Å². The van der Waals surface area contributed by atoms with Crippen LogP contribution in [0.4, 0.5) is 13.2 Å². The van der Waals surface area contributed by atoms with E-state index in [1.54, 1.807) is 12.1 Å². The van der Waals surface area contributed by atoms with Gasteiger partial charge in [-0.15, -0.1) is 0 Å². The lowest BCUT2D eigenvalue weighted by atomic mass is 10.0. The second kappa shape index (κ2) is 5.53. The maximum absolute atomic E-state index is 13.6. The summed E-state index contributed by atoms with van der Waals surface area (Å²) in [5, 5.41) is 10.2. The second-order valence-corrected chi connectivity index (χ2v) is 5.04. The normalized spacial score (nSPS) is 12.5. The number of rotatable bonds is 2. The van der Waals surface area contributed by atoms with Crippen LogP contribution in [0.5, 0.6) is 0 Å². The van der Waals surface area contributed by atoms with Crippen LogP contribution in [-0.2, 0) is 0 Å². The molecule has 1 nitrogen and oxygen atoms in total. The average Bonchev–Trinajstić information content (AvgIpc) is 2.39. The Kier molecular flexibility index (Phi) is 4.18. The van der Waals surface area contributed by atoms with Crippen molar-refractivity contribution in [3.05, 3.63) is 68.4 Å². The number of aliphatic hydroxyl groups is 1. The van der Waals surface area contributed by atoms with Crippen molar-refractivity contribution in [3.8, 4) is 0 Å². The Hall–Kier alpha value is -1.04. The highest BCUT2D eigenvalue weighted by molar-refractivity contribution is 9.10. The molecule has 0 aliphatic heterocycles. The maximum atomic E-state index is 13.6. The molecule has 0 bridgehead atoms. The van der Waals surface area contributed by atoms with Crippen LogP contribution in [0, 0.1) is 17.5 Å². The zero-order valence-corrected chi connectivity index (χ0v) is 11.6. The molecule has 0 amide bonds. The minimum absolute atomic E-state index is 0.180. The van der Waals surface area contributed by atoms with Crippen molar-refractivity contribution in [3.63, 3.8) is 0 Å². The molecular formula is C13H7BrClF3O. The molecular weight excluding hydrogens is 344 g/mol. The van der Waals surface area contributed by atoms with Gasteiger partial charge < -0.3 is 5.11 Å². The van der Waals surface area contributed by atoms with Crippen LogP contribution >= 0.6 is 27.5 Å². The third-order valence-corrected chi connectivity index (χ3v) is 3.95. The van der Waals surface area contributed by atoms with E-state index in [0.29, 0.717) is 4.47 Å². The van der Waals surface area contributed by atoms with Crippen LogP contribution in [0.3, 0.4) is 0 Å². The van der Waals surface area contributed by atoms with E-state index in [2.05, 4.69) is 15.9 Å².